The lowest BCUT2D eigenvalue weighted by molar-refractivity contribution is -0.146. The van der Waals surface area contributed by atoms with Gasteiger partial charge in [-0.1, -0.05) is 47.0 Å². The lowest BCUT2D eigenvalue weighted by atomic mass is 9.49. The van der Waals surface area contributed by atoms with Gasteiger partial charge in [0.1, 0.15) is 5.82 Å². The Morgan fingerprint density at radius 1 is 0.939 bits per heavy atom. The van der Waals surface area contributed by atoms with Crippen LogP contribution in [0.2, 0.25) is 10.0 Å². The van der Waals surface area contributed by atoms with Crippen molar-refractivity contribution in [2.24, 2.45) is 23.7 Å². The monoisotopic (exact) mass is 705 g/mol. The average molecular weight is 707 g/mol. The highest BCUT2D eigenvalue weighted by Crippen LogP contribution is 2.65. The van der Waals surface area contributed by atoms with Gasteiger partial charge in [0, 0.05) is 16.5 Å². The third-order valence-electron chi connectivity index (χ3n) is 10.5. The third-order valence-corrected chi connectivity index (χ3v) is 11.1. The molecule has 2 saturated heterocycles. The first kappa shape index (κ1) is 33.1. The number of allylic oxidation sites excluding steroid dienone is 2. The van der Waals surface area contributed by atoms with Crippen molar-refractivity contribution in [2.75, 3.05) is 12.5 Å². The maximum atomic E-state index is 15.2. The molecule has 4 amide bonds. The van der Waals surface area contributed by atoms with E-state index in [1.165, 1.54) is 36.3 Å². The first-order chi connectivity index (χ1) is 23.2. The van der Waals surface area contributed by atoms with Gasteiger partial charge < -0.3 is 9.84 Å². The molecular formula is C37H34Cl2FN3O6. The molecule has 2 heterocycles. The smallest absolute Gasteiger partial charge is 0.260 e. The van der Waals surface area contributed by atoms with Crippen molar-refractivity contribution >= 4 is 52.5 Å². The summed E-state index contributed by atoms with van der Waals surface area (Å²) in [4.78, 5) is 59.2. The summed E-state index contributed by atoms with van der Waals surface area (Å²) < 4.78 is 19.3. The first-order valence-corrected chi connectivity index (χ1v) is 16.8. The highest BCUT2D eigenvalue weighted by Gasteiger charge is 2.70. The van der Waals surface area contributed by atoms with Crippen LogP contribution in [0.15, 0.2) is 72.3 Å². The zero-order valence-corrected chi connectivity index (χ0v) is 28.7. The van der Waals surface area contributed by atoms with Gasteiger partial charge in [0.15, 0.2) is 11.5 Å². The van der Waals surface area contributed by atoms with E-state index in [4.69, 9.17) is 27.9 Å². The van der Waals surface area contributed by atoms with Crippen LogP contribution >= 0.6 is 23.2 Å². The molecule has 7 rings (SSSR count). The lowest BCUT2D eigenvalue weighted by Crippen LogP contribution is -2.53. The summed E-state index contributed by atoms with van der Waals surface area (Å²) in [5.74, 6) is -6.28. The summed E-state index contributed by atoms with van der Waals surface area (Å²) in [6.45, 7) is 5.44. The minimum absolute atomic E-state index is 0.0299. The molecule has 0 radical (unpaired) electrons. The number of phenols is 1. The van der Waals surface area contributed by atoms with Gasteiger partial charge in [-0.05, 0) is 99.2 Å². The Kier molecular flexibility index (Phi) is 7.83. The van der Waals surface area contributed by atoms with Crippen molar-refractivity contribution in [3.8, 4) is 11.5 Å². The van der Waals surface area contributed by atoms with Gasteiger partial charge in [0.2, 0.25) is 11.8 Å². The Balaban J connectivity index is 1.49. The molecule has 2 aliphatic heterocycles. The van der Waals surface area contributed by atoms with Crippen LogP contribution in [0, 0.1) is 29.5 Å². The maximum Gasteiger partial charge on any atom is 0.260 e. The molecule has 0 spiro atoms. The number of fused-ring (bicyclic) bond motifs is 4. The first-order valence-electron chi connectivity index (χ1n) is 16.0. The zero-order valence-electron chi connectivity index (χ0n) is 27.2. The standard InChI is InChI=1S/C37H34Cl2FN3O6/c1-36(2,3)42-32(45)24-14-13-23-25(29(24)34(42)47)17-26-33(46)43(41-22-11-9-21(40)10-12-22)35(48)37(26,19-5-7-20(38)8-6-19)30(23)18-15-27(39)31(44)28(16-18)49-4/h5-13,15-16,24-26,29-30,41,44H,14,17H2,1-4H3. The van der Waals surface area contributed by atoms with E-state index in [-0.39, 0.29) is 41.2 Å². The van der Waals surface area contributed by atoms with E-state index >= 15 is 4.79 Å². The van der Waals surface area contributed by atoms with E-state index in [0.717, 1.165) is 10.6 Å². The van der Waals surface area contributed by atoms with Crippen LogP contribution in [0.4, 0.5) is 10.1 Å². The topological polar surface area (TPSA) is 116 Å². The number of rotatable bonds is 5. The van der Waals surface area contributed by atoms with E-state index in [9.17, 15) is 23.9 Å². The number of ether oxygens (including phenoxy) is 1. The molecule has 9 nitrogen and oxygen atoms in total. The third kappa shape index (κ3) is 4.86. The Morgan fingerprint density at radius 2 is 1.61 bits per heavy atom. The minimum Gasteiger partial charge on any atom is -0.503 e. The molecule has 6 atom stereocenters. The lowest BCUT2D eigenvalue weighted by Gasteiger charge is -2.50. The van der Waals surface area contributed by atoms with Crippen LogP contribution in [-0.4, -0.2) is 51.3 Å². The van der Waals surface area contributed by atoms with Crippen molar-refractivity contribution in [3.63, 3.8) is 0 Å². The van der Waals surface area contributed by atoms with Gasteiger partial charge in [-0.3, -0.25) is 29.5 Å². The van der Waals surface area contributed by atoms with Crippen LogP contribution in [-0.2, 0) is 24.6 Å². The Bertz CT molecular complexity index is 1940. The molecular weight excluding hydrogens is 672 g/mol. The number of carbonyl (C=O) groups is 4. The van der Waals surface area contributed by atoms with Crippen molar-refractivity contribution < 1.29 is 33.4 Å². The summed E-state index contributed by atoms with van der Waals surface area (Å²) in [5.41, 5.74) is 2.57. The van der Waals surface area contributed by atoms with Gasteiger partial charge in [-0.2, -0.15) is 5.01 Å². The normalized spacial score (nSPS) is 27.9. The molecule has 3 aromatic carbocycles. The van der Waals surface area contributed by atoms with Gasteiger partial charge in [0.25, 0.3) is 11.8 Å². The fourth-order valence-electron chi connectivity index (χ4n) is 8.61. The van der Waals surface area contributed by atoms with E-state index in [1.807, 2.05) is 26.8 Å². The van der Waals surface area contributed by atoms with E-state index < -0.39 is 58.2 Å². The quantitative estimate of drug-likeness (QED) is 0.226. The molecule has 4 aliphatic rings. The van der Waals surface area contributed by atoms with Crippen LogP contribution in [0.5, 0.6) is 11.5 Å². The number of phenolic OH excluding ortho intramolecular Hbond substituents is 1. The average Bonchev–Trinajstić information content (AvgIpc) is 3.44. The molecule has 0 aromatic heterocycles. The summed E-state index contributed by atoms with van der Waals surface area (Å²) in [6.07, 6.45) is 2.29. The SMILES string of the molecule is COc1cc(C2C3=CCC4C(=O)N(C(C)(C)C)C(=O)C4C3CC3C(=O)N(Nc4ccc(F)cc4)C(=O)C32c2ccc(Cl)cc2)cc(Cl)c1O. The van der Waals surface area contributed by atoms with Crippen molar-refractivity contribution in [1.82, 2.24) is 9.91 Å². The summed E-state index contributed by atoms with van der Waals surface area (Å²) >= 11 is 12.9. The van der Waals surface area contributed by atoms with Crippen molar-refractivity contribution in [3.05, 3.63) is 99.3 Å². The van der Waals surface area contributed by atoms with Crippen LogP contribution < -0.4 is 10.2 Å². The number of halogens is 3. The molecule has 12 heteroatoms. The molecule has 0 bridgehead atoms. The number of hydrazine groups is 1. The fraction of sp³-hybridized carbons (Fsp3) is 0.351. The van der Waals surface area contributed by atoms with Crippen molar-refractivity contribution in [2.45, 2.75) is 50.5 Å². The summed E-state index contributed by atoms with van der Waals surface area (Å²) in [6, 6.07) is 15.1. The number of likely N-dealkylation sites (tertiary alicyclic amines) is 1. The number of nitrogens with zero attached hydrogens (tertiary/aromatic N) is 2. The number of aromatic hydroxyl groups is 1. The summed E-state index contributed by atoms with van der Waals surface area (Å²) in [5, 5.41) is 12.1. The van der Waals surface area contributed by atoms with Crippen LogP contribution in [0.25, 0.3) is 0 Å². The molecule has 6 unspecified atom stereocenters. The van der Waals surface area contributed by atoms with E-state index in [2.05, 4.69) is 5.43 Å². The van der Waals surface area contributed by atoms with E-state index in [1.54, 1.807) is 36.4 Å². The fourth-order valence-corrected chi connectivity index (χ4v) is 8.95. The number of amides is 4. The molecule has 2 aliphatic carbocycles. The molecule has 254 valence electrons. The number of anilines is 1. The highest BCUT2D eigenvalue weighted by atomic mass is 35.5. The number of hydrogen-bond donors (Lipinski definition) is 2. The molecule has 1 saturated carbocycles. The summed E-state index contributed by atoms with van der Waals surface area (Å²) in [7, 11) is 1.38. The Labute approximate surface area is 292 Å². The predicted molar refractivity (Wildman–Crippen MR) is 180 cm³/mol. The Hall–Kier alpha value is -4.41. The van der Waals surface area contributed by atoms with Crippen molar-refractivity contribution in [1.29, 1.82) is 0 Å². The number of carbonyl (C=O) groups excluding carboxylic acids is 4. The van der Waals surface area contributed by atoms with Crippen LogP contribution in [0.3, 0.4) is 0 Å². The van der Waals surface area contributed by atoms with Gasteiger partial charge in [0.05, 0.1) is 41.0 Å². The minimum atomic E-state index is -1.59. The number of nitrogens with one attached hydrogen (secondary N) is 1. The van der Waals surface area contributed by atoms with Gasteiger partial charge >= 0.3 is 0 Å². The highest BCUT2D eigenvalue weighted by molar-refractivity contribution is 6.32. The van der Waals surface area contributed by atoms with E-state index in [0.29, 0.717) is 21.8 Å². The second-order valence-electron chi connectivity index (χ2n) is 14.1. The zero-order chi connectivity index (χ0) is 35.2. The van der Waals surface area contributed by atoms with Gasteiger partial charge in [-0.15, -0.1) is 0 Å². The van der Waals surface area contributed by atoms with Crippen LogP contribution in [0.1, 0.15) is 50.7 Å². The Morgan fingerprint density at radius 3 is 2.24 bits per heavy atom. The molecule has 2 N–H and O–H groups in total. The number of methoxy groups -OCH3 is 1. The maximum absolute atomic E-state index is 15.2. The second kappa shape index (κ2) is 11.6. The second-order valence-corrected chi connectivity index (χ2v) is 15.0. The number of benzene rings is 3. The predicted octanol–water partition coefficient (Wildman–Crippen LogP) is 6.63. The molecule has 49 heavy (non-hydrogen) atoms. The molecule has 3 fully saturated rings. The molecule has 3 aromatic rings. The van der Waals surface area contributed by atoms with Gasteiger partial charge in [-0.25, -0.2) is 4.39 Å². The number of hydrogen-bond acceptors (Lipinski definition) is 7. The largest absolute Gasteiger partial charge is 0.503 e. The number of imide groups is 2.